The first-order chi connectivity index (χ1) is 10.1. The fraction of sp³-hybridized carbons (Fsp3) is 0.467. The minimum Gasteiger partial charge on any atom is -0.480 e. The van der Waals surface area contributed by atoms with Crippen LogP contribution >= 0.6 is 0 Å². The van der Waals surface area contributed by atoms with Crippen molar-refractivity contribution in [3.63, 3.8) is 0 Å². The van der Waals surface area contributed by atoms with E-state index in [1.165, 1.54) is 0 Å². The molecule has 114 valence electrons. The van der Waals surface area contributed by atoms with Gasteiger partial charge in [0.2, 0.25) is 0 Å². The maximum atomic E-state index is 11.8. The van der Waals surface area contributed by atoms with Crippen molar-refractivity contribution in [1.82, 2.24) is 10.2 Å². The third kappa shape index (κ3) is 5.07. The smallest absolute Gasteiger partial charge is 0.319 e. The summed E-state index contributed by atoms with van der Waals surface area (Å²) >= 11 is 0. The Balaban J connectivity index is 1.80. The number of amides is 2. The summed E-state index contributed by atoms with van der Waals surface area (Å²) < 4.78 is 0. The molecule has 2 rings (SSSR count). The number of aliphatic carboxylic acids is 1. The average Bonchev–Trinajstić information content (AvgIpc) is 2.47. The van der Waals surface area contributed by atoms with Gasteiger partial charge in [-0.3, -0.25) is 9.69 Å². The Morgan fingerprint density at radius 2 is 2.00 bits per heavy atom. The maximum absolute atomic E-state index is 11.8. The van der Waals surface area contributed by atoms with E-state index in [-0.39, 0.29) is 18.6 Å². The molecule has 1 fully saturated rings. The zero-order chi connectivity index (χ0) is 15.1. The Bertz CT molecular complexity index is 478. The zero-order valence-electron chi connectivity index (χ0n) is 11.9. The molecule has 0 saturated carbocycles. The molecule has 3 N–H and O–H groups in total. The van der Waals surface area contributed by atoms with Gasteiger partial charge in [-0.15, -0.1) is 0 Å². The largest absolute Gasteiger partial charge is 0.480 e. The number of benzene rings is 1. The van der Waals surface area contributed by atoms with Crippen molar-refractivity contribution in [1.29, 1.82) is 0 Å². The van der Waals surface area contributed by atoms with Crippen LogP contribution in [-0.2, 0) is 4.79 Å². The number of urea groups is 1. The highest BCUT2D eigenvalue weighted by Gasteiger charge is 2.24. The molecule has 0 aromatic heterocycles. The van der Waals surface area contributed by atoms with E-state index in [9.17, 15) is 9.59 Å². The lowest BCUT2D eigenvalue weighted by atomic mass is 10.0. The van der Waals surface area contributed by atoms with Crippen molar-refractivity contribution >= 4 is 17.7 Å². The van der Waals surface area contributed by atoms with E-state index < -0.39 is 5.97 Å². The molecule has 0 radical (unpaired) electrons. The number of hydrogen-bond acceptors (Lipinski definition) is 3. The number of carboxylic acid groups (broad SMARTS) is 1. The lowest BCUT2D eigenvalue weighted by Crippen LogP contribution is -2.49. The molecule has 1 aromatic rings. The van der Waals surface area contributed by atoms with Gasteiger partial charge in [0.1, 0.15) is 0 Å². The molecule has 0 bridgehead atoms. The van der Waals surface area contributed by atoms with Gasteiger partial charge in [-0.05, 0) is 31.5 Å². The van der Waals surface area contributed by atoms with Crippen LogP contribution in [0, 0.1) is 0 Å². The summed E-state index contributed by atoms with van der Waals surface area (Å²) in [5, 5.41) is 14.5. The number of nitrogens with one attached hydrogen (secondary N) is 2. The standard InChI is InChI=1S/C15H21N3O3/c19-14(20)11-18-9-5-4-8-13(18)10-16-15(21)17-12-6-2-1-3-7-12/h1-3,6-7,13H,4-5,8-11H2,(H,19,20)(H2,16,17,21). The summed E-state index contributed by atoms with van der Waals surface area (Å²) in [5.74, 6) is -0.823. The van der Waals surface area contributed by atoms with Crippen LogP contribution in [0.15, 0.2) is 30.3 Å². The number of carboxylic acids is 1. The van der Waals surface area contributed by atoms with E-state index in [0.29, 0.717) is 6.54 Å². The Morgan fingerprint density at radius 3 is 2.71 bits per heavy atom. The van der Waals surface area contributed by atoms with Crippen LogP contribution < -0.4 is 10.6 Å². The van der Waals surface area contributed by atoms with E-state index in [0.717, 1.165) is 31.5 Å². The fourth-order valence-electron chi connectivity index (χ4n) is 2.58. The monoisotopic (exact) mass is 291 g/mol. The molecule has 1 aromatic carbocycles. The quantitative estimate of drug-likeness (QED) is 0.772. The molecular weight excluding hydrogens is 270 g/mol. The SMILES string of the molecule is O=C(O)CN1CCCCC1CNC(=O)Nc1ccccc1. The molecule has 2 amide bonds. The number of carbonyl (C=O) groups is 2. The minimum atomic E-state index is -0.823. The van der Waals surface area contributed by atoms with Crippen molar-refractivity contribution in [3.05, 3.63) is 30.3 Å². The van der Waals surface area contributed by atoms with Crippen molar-refractivity contribution in [2.24, 2.45) is 0 Å². The second-order valence-electron chi connectivity index (χ2n) is 5.21. The maximum Gasteiger partial charge on any atom is 0.319 e. The van der Waals surface area contributed by atoms with Crippen LogP contribution in [0.2, 0.25) is 0 Å². The predicted molar refractivity (Wildman–Crippen MR) is 80.3 cm³/mol. The molecule has 21 heavy (non-hydrogen) atoms. The molecule has 6 heteroatoms. The topological polar surface area (TPSA) is 81.7 Å². The second-order valence-corrected chi connectivity index (χ2v) is 5.21. The summed E-state index contributed by atoms with van der Waals surface area (Å²) in [4.78, 5) is 24.6. The molecule has 6 nitrogen and oxygen atoms in total. The Hall–Kier alpha value is -2.08. The molecular formula is C15H21N3O3. The summed E-state index contributed by atoms with van der Waals surface area (Å²) in [7, 11) is 0. The fourth-order valence-corrected chi connectivity index (χ4v) is 2.58. The molecule has 1 saturated heterocycles. The van der Waals surface area contributed by atoms with Gasteiger partial charge in [0.25, 0.3) is 0 Å². The van der Waals surface area contributed by atoms with Crippen LogP contribution in [0.5, 0.6) is 0 Å². The van der Waals surface area contributed by atoms with Gasteiger partial charge in [0.15, 0.2) is 0 Å². The number of anilines is 1. The Labute approximate surface area is 124 Å². The molecule has 1 unspecified atom stereocenters. The molecule has 0 aliphatic carbocycles. The van der Waals surface area contributed by atoms with Crippen LogP contribution in [-0.4, -0.2) is 47.7 Å². The highest BCUT2D eigenvalue weighted by molar-refractivity contribution is 5.89. The third-order valence-electron chi connectivity index (χ3n) is 3.62. The molecule has 1 heterocycles. The Kier molecular flexibility index (Phi) is 5.57. The molecule has 1 atom stereocenters. The van der Waals surface area contributed by atoms with Crippen LogP contribution in [0.4, 0.5) is 10.5 Å². The number of likely N-dealkylation sites (tertiary alicyclic amines) is 1. The third-order valence-corrected chi connectivity index (χ3v) is 3.62. The number of piperidine rings is 1. The number of rotatable bonds is 5. The second kappa shape index (κ2) is 7.64. The van der Waals surface area contributed by atoms with E-state index in [1.807, 2.05) is 35.2 Å². The van der Waals surface area contributed by atoms with E-state index in [2.05, 4.69) is 10.6 Å². The number of nitrogens with zero attached hydrogens (tertiary/aromatic N) is 1. The summed E-state index contributed by atoms with van der Waals surface area (Å²) in [6.45, 7) is 1.28. The van der Waals surface area contributed by atoms with E-state index >= 15 is 0 Å². The first kappa shape index (κ1) is 15.3. The number of para-hydroxylation sites is 1. The van der Waals surface area contributed by atoms with E-state index in [4.69, 9.17) is 5.11 Å². The predicted octanol–water partition coefficient (Wildman–Crippen LogP) is 1.75. The average molecular weight is 291 g/mol. The van der Waals surface area contributed by atoms with Crippen molar-refractivity contribution in [3.8, 4) is 0 Å². The Morgan fingerprint density at radius 1 is 1.24 bits per heavy atom. The molecule has 1 aliphatic heterocycles. The normalized spacial score (nSPS) is 19.0. The van der Waals surface area contributed by atoms with Gasteiger partial charge < -0.3 is 15.7 Å². The summed E-state index contributed by atoms with van der Waals surface area (Å²) in [6, 6.07) is 9.05. The zero-order valence-corrected chi connectivity index (χ0v) is 11.9. The highest BCUT2D eigenvalue weighted by Crippen LogP contribution is 2.16. The minimum absolute atomic E-state index is 0.0344. The van der Waals surface area contributed by atoms with Crippen molar-refractivity contribution in [2.45, 2.75) is 25.3 Å². The summed E-state index contributed by atoms with van der Waals surface area (Å²) in [5.41, 5.74) is 0.737. The number of carbonyl (C=O) groups excluding carboxylic acids is 1. The van der Waals surface area contributed by atoms with Crippen molar-refractivity contribution < 1.29 is 14.7 Å². The van der Waals surface area contributed by atoms with Gasteiger partial charge in [-0.25, -0.2) is 4.79 Å². The van der Waals surface area contributed by atoms with Gasteiger partial charge in [0, 0.05) is 18.3 Å². The van der Waals surface area contributed by atoms with Crippen LogP contribution in [0.3, 0.4) is 0 Å². The lowest BCUT2D eigenvalue weighted by Gasteiger charge is -2.34. The first-order valence-corrected chi connectivity index (χ1v) is 7.21. The van der Waals surface area contributed by atoms with Crippen LogP contribution in [0.25, 0.3) is 0 Å². The molecule has 0 spiro atoms. The first-order valence-electron chi connectivity index (χ1n) is 7.21. The van der Waals surface area contributed by atoms with Crippen LogP contribution in [0.1, 0.15) is 19.3 Å². The summed E-state index contributed by atoms with van der Waals surface area (Å²) in [6.07, 6.45) is 3.00. The van der Waals surface area contributed by atoms with Gasteiger partial charge >= 0.3 is 12.0 Å². The van der Waals surface area contributed by atoms with E-state index in [1.54, 1.807) is 0 Å². The number of hydrogen-bond donors (Lipinski definition) is 3. The van der Waals surface area contributed by atoms with Gasteiger partial charge in [0.05, 0.1) is 6.54 Å². The van der Waals surface area contributed by atoms with Gasteiger partial charge in [-0.2, -0.15) is 0 Å². The lowest BCUT2D eigenvalue weighted by molar-refractivity contribution is -0.139. The molecule has 1 aliphatic rings. The van der Waals surface area contributed by atoms with Gasteiger partial charge in [-0.1, -0.05) is 24.6 Å². The highest BCUT2D eigenvalue weighted by atomic mass is 16.4. The van der Waals surface area contributed by atoms with Crippen molar-refractivity contribution in [2.75, 3.05) is 25.0 Å².